The molecule has 0 saturated carbocycles. The Labute approximate surface area is 84.1 Å². The maximum Gasteiger partial charge on any atom is 0.242 e. The molecule has 1 amide bonds. The van der Waals surface area contributed by atoms with Crippen molar-refractivity contribution >= 4 is 5.91 Å². The fraction of sp³-hybridized carbons (Fsp3) is 0.700. The first-order valence-electron chi connectivity index (χ1n) is 5.13. The van der Waals surface area contributed by atoms with Crippen LogP contribution in [0.15, 0.2) is 12.3 Å². The van der Waals surface area contributed by atoms with Crippen molar-refractivity contribution in [3.8, 4) is 0 Å². The first-order valence-corrected chi connectivity index (χ1v) is 5.13. The number of rotatable bonds is 2. The third-order valence-electron chi connectivity index (χ3n) is 3.25. The van der Waals surface area contributed by atoms with Gasteiger partial charge in [0.05, 0.1) is 0 Å². The van der Waals surface area contributed by atoms with Crippen molar-refractivity contribution in [1.82, 2.24) is 10.2 Å². The second kappa shape index (κ2) is 3.61. The lowest BCUT2D eigenvalue weighted by atomic mass is 9.87. The molecule has 2 aliphatic rings. The van der Waals surface area contributed by atoms with Gasteiger partial charge in [0.2, 0.25) is 5.91 Å². The first kappa shape index (κ1) is 9.52. The number of nitrogens with zero attached hydrogens (tertiary/aromatic N) is 1. The molecular weight excluding hydrogens is 178 g/mol. The molecule has 1 atom stereocenters. The van der Waals surface area contributed by atoms with E-state index in [1.807, 2.05) is 6.20 Å². The number of nitrogens with one attached hydrogen (secondary N) is 1. The van der Waals surface area contributed by atoms with Crippen molar-refractivity contribution in [2.75, 3.05) is 26.2 Å². The lowest BCUT2D eigenvalue weighted by Gasteiger charge is -2.21. The van der Waals surface area contributed by atoms with Gasteiger partial charge in [-0.05, 0) is 19.4 Å². The van der Waals surface area contributed by atoms with E-state index in [9.17, 15) is 4.79 Å². The molecule has 1 spiro atoms. The van der Waals surface area contributed by atoms with Gasteiger partial charge in [-0.2, -0.15) is 0 Å². The van der Waals surface area contributed by atoms with Gasteiger partial charge in [-0.15, -0.1) is 0 Å². The van der Waals surface area contributed by atoms with Crippen LogP contribution in [0.25, 0.3) is 0 Å². The van der Waals surface area contributed by atoms with E-state index < -0.39 is 0 Å². The Balaban J connectivity index is 1.91. The summed E-state index contributed by atoms with van der Waals surface area (Å²) in [6, 6.07) is 0. The molecule has 78 valence electrons. The molecule has 1 unspecified atom stereocenters. The molecule has 2 heterocycles. The summed E-state index contributed by atoms with van der Waals surface area (Å²) in [6.07, 6.45) is 5.76. The zero-order valence-electron chi connectivity index (χ0n) is 8.33. The minimum atomic E-state index is -0.365. The highest BCUT2D eigenvalue weighted by molar-refractivity contribution is 5.85. The van der Waals surface area contributed by atoms with Gasteiger partial charge in [0.1, 0.15) is 0 Å². The average Bonchev–Trinajstić information content (AvgIpc) is 2.74. The van der Waals surface area contributed by atoms with Crippen molar-refractivity contribution in [2.24, 2.45) is 11.1 Å². The van der Waals surface area contributed by atoms with Crippen LogP contribution in [0.2, 0.25) is 0 Å². The molecule has 2 fully saturated rings. The largest absolute Gasteiger partial charge is 0.377 e. The summed E-state index contributed by atoms with van der Waals surface area (Å²) < 4.78 is 0. The predicted octanol–water partition coefficient (Wildman–Crippen LogP) is -0.329. The summed E-state index contributed by atoms with van der Waals surface area (Å²) >= 11 is 0. The van der Waals surface area contributed by atoms with Gasteiger partial charge < -0.3 is 16.0 Å². The van der Waals surface area contributed by atoms with Crippen LogP contribution in [0.5, 0.6) is 0 Å². The number of hydrogen-bond acceptors (Lipinski definition) is 3. The number of nitrogens with two attached hydrogens (primary N) is 1. The number of carbonyl (C=O) groups is 1. The zero-order valence-corrected chi connectivity index (χ0v) is 8.33. The third kappa shape index (κ3) is 1.90. The van der Waals surface area contributed by atoms with Crippen LogP contribution < -0.4 is 11.1 Å². The van der Waals surface area contributed by atoms with E-state index in [2.05, 4.69) is 10.2 Å². The van der Waals surface area contributed by atoms with Crippen molar-refractivity contribution in [3.63, 3.8) is 0 Å². The Morgan fingerprint density at radius 1 is 1.50 bits per heavy atom. The summed E-state index contributed by atoms with van der Waals surface area (Å²) in [5, 5.41) is 3.40. The molecule has 14 heavy (non-hydrogen) atoms. The van der Waals surface area contributed by atoms with Crippen molar-refractivity contribution in [3.05, 3.63) is 12.3 Å². The average molecular weight is 195 g/mol. The molecular formula is C10H17N3O. The molecule has 0 bridgehead atoms. The number of carbonyl (C=O) groups excluding carboxylic acids is 1. The normalized spacial score (nSPS) is 32.1. The van der Waals surface area contributed by atoms with E-state index in [-0.39, 0.29) is 5.91 Å². The molecule has 4 nitrogen and oxygen atoms in total. The van der Waals surface area contributed by atoms with Gasteiger partial charge in [-0.3, -0.25) is 4.79 Å². The lowest BCUT2D eigenvalue weighted by Crippen LogP contribution is -2.27. The van der Waals surface area contributed by atoms with Crippen molar-refractivity contribution in [2.45, 2.75) is 12.8 Å². The minimum Gasteiger partial charge on any atom is -0.377 e. The zero-order chi connectivity index (χ0) is 10.0. The number of amides is 1. The SMILES string of the molecule is NC(=O)C=CN1CCC2(CCNC2)C1. The Morgan fingerprint density at radius 2 is 2.36 bits per heavy atom. The van der Waals surface area contributed by atoms with E-state index in [4.69, 9.17) is 5.73 Å². The van der Waals surface area contributed by atoms with Crippen LogP contribution in [-0.2, 0) is 4.79 Å². The summed E-state index contributed by atoms with van der Waals surface area (Å²) in [5.74, 6) is -0.365. The van der Waals surface area contributed by atoms with E-state index in [0.29, 0.717) is 5.41 Å². The summed E-state index contributed by atoms with van der Waals surface area (Å²) in [5.41, 5.74) is 5.51. The van der Waals surface area contributed by atoms with Gasteiger partial charge in [0, 0.05) is 37.3 Å². The Bertz CT molecular complexity index is 256. The summed E-state index contributed by atoms with van der Waals surface area (Å²) in [6.45, 7) is 4.36. The van der Waals surface area contributed by atoms with E-state index >= 15 is 0 Å². The maximum absolute atomic E-state index is 10.6. The molecule has 2 saturated heterocycles. The van der Waals surface area contributed by atoms with Crippen LogP contribution in [0, 0.1) is 5.41 Å². The summed E-state index contributed by atoms with van der Waals surface area (Å²) in [4.78, 5) is 12.8. The van der Waals surface area contributed by atoms with Crippen LogP contribution in [0.3, 0.4) is 0 Å². The third-order valence-corrected chi connectivity index (χ3v) is 3.25. The second-order valence-corrected chi connectivity index (χ2v) is 4.37. The van der Waals surface area contributed by atoms with Crippen molar-refractivity contribution < 1.29 is 4.79 Å². The number of hydrogen-bond donors (Lipinski definition) is 2. The highest BCUT2D eigenvalue weighted by atomic mass is 16.1. The van der Waals surface area contributed by atoms with E-state index in [1.165, 1.54) is 18.9 Å². The van der Waals surface area contributed by atoms with E-state index in [0.717, 1.165) is 26.2 Å². The fourth-order valence-electron chi connectivity index (χ4n) is 2.42. The highest BCUT2D eigenvalue weighted by Gasteiger charge is 2.39. The van der Waals surface area contributed by atoms with Gasteiger partial charge in [-0.1, -0.05) is 0 Å². The Morgan fingerprint density at radius 3 is 3.00 bits per heavy atom. The van der Waals surface area contributed by atoms with Crippen LogP contribution >= 0.6 is 0 Å². The van der Waals surface area contributed by atoms with Gasteiger partial charge >= 0.3 is 0 Å². The highest BCUT2D eigenvalue weighted by Crippen LogP contribution is 2.35. The monoisotopic (exact) mass is 195 g/mol. The molecule has 2 rings (SSSR count). The first-order chi connectivity index (χ1) is 6.70. The van der Waals surface area contributed by atoms with Gasteiger partial charge in [0.25, 0.3) is 0 Å². The standard InChI is InChI=1S/C10H17N3O/c11-9(14)1-5-13-6-3-10(8-13)2-4-12-7-10/h1,5,12H,2-4,6-8H2,(H2,11,14). The molecule has 0 radical (unpaired) electrons. The van der Waals surface area contributed by atoms with Crippen molar-refractivity contribution in [1.29, 1.82) is 0 Å². The Hall–Kier alpha value is -1.03. The quantitative estimate of drug-likeness (QED) is 0.593. The molecule has 3 N–H and O–H groups in total. The van der Waals surface area contributed by atoms with Crippen LogP contribution in [0.1, 0.15) is 12.8 Å². The Kier molecular flexibility index (Phi) is 2.46. The molecule has 2 aliphatic heterocycles. The second-order valence-electron chi connectivity index (χ2n) is 4.37. The van der Waals surface area contributed by atoms with Crippen LogP contribution in [0.4, 0.5) is 0 Å². The van der Waals surface area contributed by atoms with Gasteiger partial charge in [-0.25, -0.2) is 0 Å². The number of likely N-dealkylation sites (tertiary alicyclic amines) is 1. The minimum absolute atomic E-state index is 0.365. The molecule has 0 aliphatic carbocycles. The molecule has 0 aromatic carbocycles. The summed E-state index contributed by atoms with van der Waals surface area (Å²) in [7, 11) is 0. The smallest absolute Gasteiger partial charge is 0.242 e. The fourth-order valence-corrected chi connectivity index (χ4v) is 2.42. The van der Waals surface area contributed by atoms with E-state index in [1.54, 1.807) is 0 Å². The lowest BCUT2D eigenvalue weighted by molar-refractivity contribution is -0.113. The molecule has 4 heteroatoms. The topological polar surface area (TPSA) is 58.4 Å². The number of primary amides is 1. The van der Waals surface area contributed by atoms with Crippen LogP contribution in [-0.4, -0.2) is 37.0 Å². The molecule has 0 aromatic heterocycles. The predicted molar refractivity (Wildman–Crippen MR) is 54.4 cm³/mol. The molecule has 0 aromatic rings. The maximum atomic E-state index is 10.6. The van der Waals surface area contributed by atoms with Gasteiger partial charge in [0.15, 0.2) is 0 Å².